The SMILES string of the molecule is CC1CC(C)N(Cc2ccc(CNC(C)(C)C)cc2)C1. The second-order valence-electron chi connectivity index (χ2n) is 7.54. The van der Waals surface area contributed by atoms with Gasteiger partial charge in [0.05, 0.1) is 0 Å². The Bertz CT molecular complexity index is 416. The van der Waals surface area contributed by atoms with Gasteiger partial charge >= 0.3 is 0 Å². The highest BCUT2D eigenvalue weighted by molar-refractivity contribution is 5.22. The molecule has 0 amide bonds. The van der Waals surface area contributed by atoms with Crippen LogP contribution in [0.15, 0.2) is 24.3 Å². The minimum Gasteiger partial charge on any atom is -0.308 e. The molecule has 20 heavy (non-hydrogen) atoms. The lowest BCUT2D eigenvalue weighted by Crippen LogP contribution is -2.35. The van der Waals surface area contributed by atoms with E-state index in [2.05, 4.69) is 69.1 Å². The molecular formula is C18H30N2. The molecule has 1 aromatic carbocycles. The minimum absolute atomic E-state index is 0.180. The van der Waals surface area contributed by atoms with Crippen molar-refractivity contribution in [3.05, 3.63) is 35.4 Å². The van der Waals surface area contributed by atoms with E-state index in [1.54, 1.807) is 0 Å². The zero-order valence-electron chi connectivity index (χ0n) is 13.7. The molecule has 1 heterocycles. The Balaban J connectivity index is 1.88. The largest absolute Gasteiger partial charge is 0.308 e. The third-order valence-corrected chi connectivity index (χ3v) is 4.14. The van der Waals surface area contributed by atoms with Crippen LogP contribution in [0, 0.1) is 5.92 Å². The zero-order chi connectivity index (χ0) is 14.8. The molecule has 2 unspecified atom stereocenters. The number of likely N-dealkylation sites (tertiary alicyclic amines) is 1. The monoisotopic (exact) mass is 274 g/mol. The molecule has 1 aliphatic rings. The summed E-state index contributed by atoms with van der Waals surface area (Å²) in [5.41, 5.74) is 2.98. The summed E-state index contributed by atoms with van der Waals surface area (Å²) in [6.07, 6.45) is 1.34. The molecule has 1 N–H and O–H groups in total. The molecule has 0 aromatic heterocycles. The van der Waals surface area contributed by atoms with Gasteiger partial charge in [-0.05, 0) is 51.2 Å². The molecule has 2 heteroatoms. The van der Waals surface area contributed by atoms with Gasteiger partial charge in [-0.3, -0.25) is 4.90 Å². The quantitative estimate of drug-likeness (QED) is 0.898. The van der Waals surface area contributed by atoms with Crippen molar-refractivity contribution in [2.45, 2.75) is 65.7 Å². The zero-order valence-corrected chi connectivity index (χ0v) is 13.7. The Kier molecular flexibility index (Phi) is 4.87. The summed E-state index contributed by atoms with van der Waals surface area (Å²) in [5, 5.41) is 3.53. The van der Waals surface area contributed by atoms with Gasteiger partial charge in [-0.1, -0.05) is 31.2 Å². The van der Waals surface area contributed by atoms with Gasteiger partial charge in [0.25, 0.3) is 0 Å². The minimum atomic E-state index is 0.180. The summed E-state index contributed by atoms with van der Waals surface area (Å²) in [5.74, 6) is 0.847. The molecule has 2 nitrogen and oxygen atoms in total. The van der Waals surface area contributed by atoms with Crippen LogP contribution < -0.4 is 5.32 Å². The number of nitrogens with one attached hydrogen (secondary N) is 1. The molecule has 1 saturated heterocycles. The summed E-state index contributed by atoms with van der Waals surface area (Å²) < 4.78 is 0. The van der Waals surface area contributed by atoms with Crippen LogP contribution in [0.25, 0.3) is 0 Å². The highest BCUT2D eigenvalue weighted by Gasteiger charge is 2.25. The van der Waals surface area contributed by atoms with E-state index >= 15 is 0 Å². The Labute approximate surface area is 124 Å². The predicted molar refractivity (Wildman–Crippen MR) is 86.7 cm³/mol. The van der Waals surface area contributed by atoms with Crippen molar-refractivity contribution in [3.8, 4) is 0 Å². The van der Waals surface area contributed by atoms with Crippen molar-refractivity contribution >= 4 is 0 Å². The average Bonchev–Trinajstić information content (AvgIpc) is 2.66. The highest BCUT2D eigenvalue weighted by Crippen LogP contribution is 2.24. The molecule has 0 bridgehead atoms. The maximum absolute atomic E-state index is 3.53. The van der Waals surface area contributed by atoms with E-state index in [0.29, 0.717) is 0 Å². The predicted octanol–water partition coefficient (Wildman–Crippen LogP) is 3.81. The van der Waals surface area contributed by atoms with Crippen LogP contribution in [0.1, 0.15) is 52.2 Å². The lowest BCUT2D eigenvalue weighted by molar-refractivity contribution is 0.256. The van der Waals surface area contributed by atoms with Crippen molar-refractivity contribution in [3.63, 3.8) is 0 Å². The van der Waals surface area contributed by atoms with Crippen molar-refractivity contribution < 1.29 is 0 Å². The van der Waals surface area contributed by atoms with Crippen LogP contribution in [0.3, 0.4) is 0 Å². The summed E-state index contributed by atoms with van der Waals surface area (Å²) in [4.78, 5) is 2.60. The fraction of sp³-hybridized carbons (Fsp3) is 0.667. The molecule has 2 rings (SSSR count). The Morgan fingerprint density at radius 3 is 2.20 bits per heavy atom. The first-order chi connectivity index (χ1) is 9.33. The first-order valence-corrected chi connectivity index (χ1v) is 7.90. The van der Waals surface area contributed by atoms with Gasteiger partial charge in [0.1, 0.15) is 0 Å². The van der Waals surface area contributed by atoms with Gasteiger partial charge in [0, 0.05) is 31.2 Å². The van der Waals surface area contributed by atoms with Gasteiger partial charge in [-0.2, -0.15) is 0 Å². The van der Waals surface area contributed by atoms with E-state index in [1.807, 2.05) is 0 Å². The number of nitrogens with zero attached hydrogens (tertiary/aromatic N) is 1. The molecule has 0 spiro atoms. The summed E-state index contributed by atoms with van der Waals surface area (Å²) in [6.45, 7) is 14.6. The van der Waals surface area contributed by atoms with Crippen molar-refractivity contribution in [2.75, 3.05) is 6.54 Å². The topological polar surface area (TPSA) is 15.3 Å². The molecule has 0 aliphatic carbocycles. The van der Waals surface area contributed by atoms with Gasteiger partial charge in [-0.15, -0.1) is 0 Å². The van der Waals surface area contributed by atoms with Crippen LogP contribution in [-0.2, 0) is 13.1 Å². The molecule has 1 aliphatic heterocycles. The van der Waals surface area contributed by atoms with E-state index in [9.17, 15) is 0 Å². The fourth-order valence-electron chi connectivity index (χ4n) is 2.97. The van der Waals surface area contributed by atoms with E-state index in [4.69, 9.17) is 0 Å². The second-order valence-corrected chi connectivity index (χ2v) is 7.54. The Morgan fingerprint density at radius 1 is 1.10 bits per heavy atom. The van der Waals surface area contributed by atoms with Gasteiger partial charge in [0.15, 0.2) is 0 Å². The standard InChI is InChI=1S/C18H30N2/c1-14-10-15(2)20(12-14)13-17-8-6-16(7-9-17)11-19-18(3,4)5/h6-9,14-15,19H,10-13H2,1-5H3. The number of rotatable bonds is 4. The lowest BCUT2D eigenvalue weighted by Gasteiger charge is -2.22. The smallest absolute Gasteiger partial charge is 0.0236 e. The van der Waals surface area contributed by atoms with E-state index in [1.165, 1.54) is 24.1 Å². The molecule has 1 fully saturated rings. The van der Waals surface area contributed by atoms with Gasteiger partial charge in [0.2, 0.25) is 0 Å². The molecule has 112 valence electrons. The van der Waals surface area contributed by atoms with E-state index in [0.717, 1.165) is 25.0 Å². The van der Waals surface area contributed by atoms with E-state index in [-0.39, 0.29) is 5.54 Å². The summed E-state index contributed by atoms with van der Waals surface area (Å²) in [7, 11) is 0. The van der Waals surface area contributed by atoms with Gasteiger partial charge < -0.3 is 5.32 Å². The molecule has 0 radical (unpaired) electrons. The van der Waals surface area contributed by atoms with Crippen molar-refractivity contribution in [2.24, 2.45) is 5.92 Å². The maximum Gasteiger partial charge on any atom is 0.0236 e. The van der Waals surface area contributed by atoms with Crippen LogP contribution in [0.5, 0.6) is 0 Å². The second kappa shape index (κ2) is 6.28. The first-order valence-electron chi connectivity index (χ1n) is 7.90. The fourth-order valence-corrected chi connectivity index (χ4v) is 2.97. The molecule has 1 aromatic rings. The first kappa shape index (κ1) is 15.5. The maximum atomic E-state index is 3.53. The Hall–Kier alpha value is -0.860. The third kappa shape index (κ3) is 4.60. The molecule has 0 saturated carbocycles. The van der Waals surface area contributed by atoms with Crippen molar-refractivity contribution in [1.82, 2.24) is 10.2 Å². The van der Waals surface area contributed by atoms with Crippen LogP contribution in [0.4, 0.5) is 0 Å². The summed E-state index contributed by atoms with van der Waals surface area (Å²) in [6, 6.07) is 9.83. The van der Waals surface area contributed by atoms with Crippen molar-refractivity contribution in [1.29, 1.82) is 0 Å². The Morgan fingerprint density at radius 2 is 1.70 bits per heavy atom. The number of benzene rings is 1. The third-order valence-electron chi connectivity index (χ3n) is 4.14. The highest BCUT2D eigenvalue weighted by atomic mass is 15.2. The normalized spacial score (nSPS) is 24.2. The van der Waals surface area contributed by atoms with Crippen LogP contribution in [0.2, 0.25) is 0 Å². The van der Waals surface area contributed by atoms with Crippen LogP contribution >= 0.6 is 0 Å². The summed E-state index contributed by atoms with van der Waals surface area (Å²) >= 11 is 0. The molecule has 2 atom stereocenters. The number of hydrogen-bond donors (Lipinski definition) is 1. The van der Waals surface area contributed by atoms with Crippen LogP contribution in [-0.4, -0.2) is 23.0 Å². The lowest BCUT2D eigenvalue weighted by atomic mass is 10.1. The van der Waals surface area contributed by atoms with E-state index < -0.39 is 0 Å². The average molecular weight is 274 g/mol. The number of hydrogen-bond acceptors (Lipinski definition) is 2. The van der Waals surface area contributed by atoms with Gasteiger partial charge in [-0.25, -0.2) is 0 Å². The molecular weight excluding hydrogens is 244 g/mol.